The zero-order valence-electron chi connectivity index (χ0n) is 9.48. The molecule has 0 bridgehead atoms. The van der Waals surface area contributed by atoms with Crippen molar-refractivity contribution < 1.29 is 4.79 Å². The molecule has 1 amide bonds. The number of nitrogens with two attached hydrogens (primary N) is 2. The molecule has 2 aromatic carbocycles. The van der Waals surface area contributed by atoms with Crippen molar-refractivity contribution in [3.63, 3.8) is 0 Å². The average Bonchev–Trinajstić information content (AvgIpc) is 2.32. The van der Waals surface area contributed by atoms with E-state index in [0.29, 0.717) is 16.9 Å². The lowest BCUT2D eigenvalue weighted by Crippen LogP contribution is -2.13. The van der Waals surface area contributed by atoms with Crippen molar-refractivity contribution >= 4 is 38.9 Å². The third-order valence-corrected chi connectivity index (χ3v) is 2.93. The summed E-state index contributed by atoms with van der Waals surface area (Å²) in [4.78, 5) is 11.3. The number of anilines is 3. The third-order valence-electron chi connectivity index (χ3n) is 2.44. The predicted molar refractivity (Wildman–Crippen MR) is 76.8 cm³/mol. The number of rotatable bonds is 3. The second kappa shape index (κ2) is 5.10. The maximum absolute atomic E-state index is 11.3. The number of carbonyl (C=O) groups excluding carboxylic acids is 1. The van der Waals surface area contributed by atoms with Crippen molar-refractivity contribution in [3.8, 4) is 0 Å². The van der Waals surface area contributed by atoms with E-state index < -0.39 is 5.91 Å². The molecular formula is C13H12BrN3O. The molecule has 2 rings (SSSR count). The van der Waals surface area contributed by atoms with Gasteiger partial charge in [0.05, 0.1) is 11.3 Å². The topological polar surface area (TPSA) is 81.1 Å². The summed E-state index contributed by atoms with van der Waals surface area (Å²) in [7, 11) is 0. The van der Waals surface area contributed by atoms with Crippen LogP contribution < -0.4 is 16.8 Å². The Morgan fingerprint density at radius 3 is 2.39 bits per heavy atom. The highest BCUT2D eigenvalue weighted by molar-refractivity contribution is 9.10. The minimum absolute atomic E-state index is 0.440. The molecule has 0 atom stereocenters. The third kappa shape index (κ3) is 2.81. The molecule has 0 spiro atoms. The van der Waals surface area contributed by atoms with Gasteiger partial charge in [0.15, 0.2) is 0 Å². The summed E-state index contributed by atoms with van der Waals surface area (Å²) in [6.07, 6.45) is 0. The summed E-state index contributed by atoms with van der Waals surface area (Å²) in [5, 5.41) is 3.14. The first-order valence-corrected chi connectivity index (χ1v) is 6.07. The Morgan fingerprint density at radius 2 is 1.78 bits per heavy atom. The molecule has 2 aromatic rings. The van der Waals surface area contributed by atoms with Crippen LogP contribution in [-0.2, 0) is 0 Å². The average molecular weight is 306 g/mol. The Bertz CT molecular complexity index is 581. The van der Waals surface area contributed by atoms with Gasteiger partial charge in [-0.25, -0.2) is 0 Å². The molecule has 5 heteroatoms. The van der Waals surface area contributed by atoms with Crippen LogP contribution in [-0.4, -0.2) is 5.91 Å². The fourth-order valence-electron chi connectivity index (χ4n) is 1.56. The van der Waals surface area contributed by atoms with Crippen molar-refractivity contribution in [2.24, 2.45) is 5.73 Å². The van der Waals surface area contributed by atoms with Crippen LogP contribution in [0.25, 0.3) is 0 Å². The Labute approximate surface area is 113 Å². The van der Waals surface area contributed by atoms with Crippen LogP contribution in [0.5, 0.6) is 0 Å². The number of nitrogens with one attached hydrogen (secondary N) is 1. The van der Waals surface area contributed by atoms with Crippen LogP contribution in [0.2, 0.25) is 0 Å². The first-order chi connectivity index (χ1) is 8.56. The number of halogens is 1. The van der Waals surface area contributed by atoms with Gasteiger partial charge in [-0.05, 0) is 42.5 Å². The smallest absolute Gasteiger partial charge is 0.250 e. The van der Waals surface area contributed by atoms with Gasteiger partial charge in [-0.2, -0.15) is 0 Å². The van der Waals surface area contributed by atoms with E-state index in [1.54, 1.807) is 30.3 Å². The lowest BCUT2D eigenvalue weighted by atomic mass is 10.1. The summed E-state index contributed by atoms with van der Waals surface area (Å²) in [6, 6.07) is 12.5. The minimum Gasteiger partial charge on any atom is -0.399 e. The van der Waals surface area contributed by atoms with E-state index in [2.05, 4.69) is 21.2 Å². The molecule has 0 unspecified atom stereocenters. The number of hydrogen-bond acceptors (Lipinski definition) is 3. The number of benzene rings is 2. The van der Waals surface area contributed by atoms with Crippen LogP contribution in [0, 0.1) is 0 Å². The first-order valence-electron chi connectivity index (χ1n) is 5.28. The number of hydrogen-bond donors (Lipinski definition) is 3. The van der Waals surface area contributed by atoms with E-state index in [1.165, 1.54) is 0 Å². The lowest BCUT2D eigenvalue weighted by Gasteiger charge is -2.10. The Kier molecular flexibility index (Phi) is 3.53. The predicted octanol–water partition coefficient (Wildman–Crippen LogP) is 2.87. The van der Waals surface area contributed by atoms with Crippen molar-refractivity contribution in [3.05, 3.63) is 52.5 Å². The summed E-state index contributed by atoms with van der Waals surface area (Å²) in [5.41, 5.74) is 13.6. The highest BCUT2D eigenvalue weighted by Gasteiger charge is 2.08. The van der Waals surface area contributed by atoms with Crippen LogP contribution in [0.3, 0.4) is 0 Å². The summed E-state index contributed by atoms with van der Waals surface area (Å²) in [6.45, 7) is 0. The standard InChI is InChI=1S/C13H12BrN3O/c14-8-1-6-11(13(16)18)12(7-8)17-10-4-2-9(15)3-5-10/h1-7,17H,15H2,(H2,16,18). The van der Waals surface area contributed by atoms with E-state index in [0.717, 1.165) is 10.2 Å². The molecule has 0 saturated carbocycles. The van der Waals surface area contributed by atoms with Gasteiger partial charge in [-0.15, -0.1) is 0 Å². The molecule has 5 N–H and O–H groups in total. The fourth-order valence-corrected chi connectivity index (χ4v) is 1.92. The second-order valence-electron chi connectivity index (χ2n) is 3.80. The quantitative estimate of drug-likeness (QED) is 0.763. The van der Waals surface area contributed by atoms with Crippen molar-refractivity contribution in [1.82, 2.24) is 0 Å². The number of primary amides is 1. The fraction of sp³-hybridized carbons (Fsp3) is 0. The monoisotopic (exact) mass is 305 g/mol. The zero-order valence-corrected chi connectivity index (χ0v) is 11.1. The summed E-state index contributed by atoms with van der Waals surface area (Å²) < 4.78 is 0.866. The lowest BCUT2D eigenvalue weighted by molar-refractivity contribution is 0.100. The molecule has 0 heterocycles. The molecule has 4 nitrogen and oxygen atoms in total. The largest absolute Gasteiger partial charge is 0.399 e. The van der Waals surface area contributed by atoms with Gasteiger partial charge in [0.1, 0.15) is 0 Å². The molecule has 18 heavy (non-hydrogen) atoms. The normalized spacial score (nSPS) is 10.1. The molecule has 92 valence electrons. The van der Waals surface area contributed by atoms with E-state index in [4.69, 9.17) is 11.5 Å². The van der Waals surface area contributed by atoms with Gasteiger partial charge < -0.3 is 16.8 Å². The van der Waals surface area contributed by atoms with Crippen LogP contribution in [0.1, 0.15) is 10.4 Å². The molecule has 0 saturated heterocycles. The minimum atomic E-state index is -0.472. The van der Waals surface area contributed by atoms with Gasteiger partial charge in [-0.3, -0.25) is 4.79 Å². The van der Waals surface area contributed by atoms with Gasteiger partial charge in [0.2, 0.25) is 0 Å². The van der Waals surface area contributed by atoms with Crippen molar-refractivity contribution in [2.45, 2.75) is 0 Å². The molecular weight excluding hydrogens is 294 g/mol. The van der Waals surface area contributed by atoms with Crippen LogP contribution >= 0.6 is 15.9 Å². The van der Waals surface area contributed by atoms with Gasteiger partial charge in [0, 0.05) is 15.8 Å². The first kappa shape index (κ1) is 12.4. The Hall–Kier alpha value is -2.01. The van der Waals surface area contributed by atoms with Crippen LogP contribution in [0.15, 0.2) is 46.9 Å². The molecule has 0 fully saturated rings. The van der Waals surface area contributed by atoms with E-state index >= 15 is 0 Å². The van der Waals surface area contributed by atoms with E-state index in [9.17, 15) is 4.79 Å². The Balaban J connectivity index is 2.35. The van der Waals surface area contributed by atoms with Crippen molar-refractivity contribution in [1.29, 1.82) is 0 Å². The van der Waals surface area contributed by atoms with Gasteiger partial charge in [0.25, 0.3) is 5.91 Å². The zero-order chi connectivity index (χ0) is 13.1. The SMILES string of the molecule is NC(=O)c1ccc(Br)cc1Nc1ccc(N)cc1. The molecule has 0 aliphatic heterocycles. The summed E-state index contributed by atoms with van der Waals surface area (Å²) >= 11 is 3.36. The molecule has 0 aliphatic rings. The highest BCUT2D eigenvalue weighted by atomic mass is 79.9. The van der Waals surface area contributed by atoms with Gasteiger partial charge in [-0.1, -0.05) is 15.9 Å². The van der Waals surface area contributed by atoms with Crippen molar-refractivity contribution in [2.75, 3.05) is 11.1 Å². The second-order valence-corrected chi connectivity index (χ2v) is 4.72. The molecule has 0 aliphatic carbocycles. The van der Waals surface area contributed by atoms with Crippen LogP contribution in [0.4, 0.5) is 17.1 Å². The van der Waals surface area contributed by atoms with E-state index in [1.807, 2.05) is 12.1 Å². The summed E-state index contributed by atoms with van der Waals surface area (Å²) in [5.74, 6) is -0.472. The van der Waals surface area contributed by atoms with Gasteiger partial charge >= 0.3 is 0 Å². The maximum atomic E-state index is 11.3. The van der Waals surface area contributed by atoms with E-state index in [-0.39, 0.29) is 0 Å². The molecule has 0 aromatic heterocycles. The molecule has 0 radical (unpaired) electrons. The number of nitrogen functional groups attached to an aromatic ring is 1. The Morgan fingerprint density at radius 1 is 1.11 bits per heavy atom. The number of carbonyl (C=O) groups is 1. The maximum Gasteiger partial charge on any atom is 0.250 e. The highest BCUT2D eigenvalue weighted by Crippen LogP contribution is 2.25. The number of amides is 1.